The second kappa shape index (κ2) is 5.27. The summed E-state index contributed by atoms with van der Waals surface area (Å²) in [5, 5.41) is 9.42. The molecule has 0 aromatic heterocycles. The Morgan fingerprint density at radius 2 is 2.29 bits per heavy atom. The number of hydrogen-bond donors (Lipinski definition) is 1. The highest BCUT2D eigenvalue weighted by Gasteiger charge is 2.21. The molecule has 1 saturated heterocycles. The van der Waals surface area contributed by atoms with Crippen LogP contribution in [0.3, 0.4) is 0 Å². The first kappa shape index (κ1) is 12.7. The molecule has 94 valence electrons. The molecule has 1 heterocycles. The molecule has 1 aromatic carbocycles. The van der Waals surface area contributed by atoms with Gasteiger partial charge in [-0.2, -0.15) is 11.8 Å². The molecule has 17 heavy (non-hydrogen) atoms. The van der Waals surface area contributed by atoms with Crippen LogP contribution in [0.4, 0.5) is 10.1 Å². The summed E-state index contributed by atoms with van der Waals surface area (Å²) in [6.45, 7) is 4.65. The summed E-state index contributed by atoms with van der Waals surface area (Å²) in [4.78, 5) is 2.11. The highest BCUT2D eigenvalue weighted by molar-refractivity contribution is 7.99. The van der Waals surface area contributed by atoms with E-state index in [9.17, 15) is 9.50 Å². The van der Waals surface area contributed by atoms with Crippen LogP contribution in [0.15, 0.2) is 18.2 Å². The third-order valence-corrected chi connectivity index (χ3v) is 4.32. The number of hydrogen-bond acceptors (Lipinski definition) is 3. The van der Waals surface area contributed by atoms with Crippen molar-refractivity contribution >= 4 is 17.4 Å². The van der Waals surface area contributed by atoms with Gasteiger partial charge in [0.2, 0.25) is 0 Å². The van der Waals surface area contributed by atoms with Crippen molar-refractivity contribution in [1.29, 1.82) is 0 Å². The second-order valence-corrected chi connectivity index (χ2v) is 5.65. The van der Waals surface area contributed by atoms with Crippen molar-refractivity contribution in [1.82, 2.24) is 0 Å². The Morgan fingerprint density at radius 1 is 1.53 bits per heavy atom. The lowest BCUT2D eigenvalue weighted by Crippen LogP contribution is -2.40. The average Bonchev–Trinajstić information content (AvgIpc) is 2.30. The third-order valence-electron chi connectivity index (χ3n) is 3.13. The SMILES string of the molecule is CC1CSCCN1c1ccc([C@H](C)O)cc1F. The predicted octanol–water partition coefficient (Wildman–Crippen LogP) is 2.82. The van der Waals surface area contributed by atoms with E-state index in [-0.39, 0.29) is 5.82 Å². The number of rotatable bonds is 2. The number of nitrogens with zero attached hydrogens (tertiary/aromatic N) is 1. The minimum absolute atomic E-state index is 0.234. The normalized spacial score (nSPS) is 22.6. The Morgan fingerprint density at radius 3 is 2.88 bits per heavy atom. The van der Waals surface area contributed by atoms with Gasteiger partial charge >= 0.3 is 0 Å². The molecule has 1 aliphatic heterocycles. The molecule has 0 bridgehead atoms. The Hall–Kier alpha value is -0.740. The zero-order chi connectivity index (χ0) is 12.4. The molecule has 1 N–H and O–H groups in total. The third kappa shape index (κ3) is 2.75. The summed E-state index contributed by atoms with van der Waals surface area (Å²) >= 11 is 1.91. The molecule has 2 nitrogen and oxygen atoms in total. The molecule has 0 spiro atoms. The van der Waals surface area contributed by atoms with E-state index in [2.05, 4.69) is 11.8 Å². The molecule has 2 atom stereocenters. The average molecular weight is 255 g/mol. The molecular formula is C13H18FNOS. The molecule has 1 aliphatic rings. The van der Waals surface area contributed by atoms with Crippen molar-refractivity contribution in [3.63, 3.8) is 0 Å². The Labute approximate surface area is 106 Å². The highest BCUT2D eigenvalue weighted by Crippen LogP contribution is 2.28. The van der Waals surface area contributed by atoms with Gasteiger partial charge in [0.1, 0.15) is 5.82 Å². The Balaban J connectivity index is 2.26. The first-order valence-electron chi connectivity index (χ1n) is 5.91. The topological polar surface area (TPSA) is 23.5 Å². The zero-order valence-corrected chi connectivity index (χ0v) is 11.0. The van der Waals surface area contributed by atoms with E-state index in [4.69, 9.17) is 0 Å². The number of aliphatic hydroxyl groups is 1. The quantitative estimate of drug-likeness (QED) is 0.879. The number of anilines is 1. The fraction of sp³-hybridized carbons (Fsp3) is 0.538. The van der Waals surface area contributed by atoms with E-state index >= 15 is 0 Å². The standard InChI is InChI=1S/C13H18FNOS/c1-9-8-17-6-5-15(9)13-4-3-11(10(2)16)7-12(13)14/h3-4,7,9-10,16H,5-6,8H2,1-2H3/t9?,10-/m0/s1. The Bertz CT molecular complexity index is 397. The van der Waals surface area contributed by atoms with Crippen molar-refractivity contribution < 1.29 is 9.50 Å². The molecule has 1 fully saturated rings. The van der Waals surface area contributed by atoms with Crippen LogP contribution in [0, 0.1) is 5.82 Å². The van der Waals surface area contributed by atoms with Gasteiger partial charge < -0.3 is 10.0 Å². The van der Waals surface area contributed by atoms with Gasteiger partial charge in [-0.1, -0.05) is 6.07 Å². The fourth-order valence-electron chi connectivity index (χ4n) is 2.10. The molecule has 0 aliphatic carbocycles. The highest BCUT2D eigenvalue weighted by atomic mass is 32.2. The maximum absolute atomic E-state index is 14.0. The number of aliphatic hydroxyl groups excluding tert-OH is 1. The maximum atomic E-state index is 14.0. The van der Waals surface area contributed by atoms with Gasteiger partial charge in [0.15, 0.2) is 0 Å². The molecule has 4 heteroatoms. The van der Waals surface area contributed by atoms with Gasteiger partial charge in [0, 0.05) is 24.1 Å². The van der Waals surface area contributed by atoms with Gasteiger partial charge in [-0.15, -0.1) is 0 Å². The van der Waals surface area contributed by atoms with Crippen LogP contribution in [0.5, 0.6) is 0 Å². The van der Waals surface area contributed by atoms with E-state index in [1.54, 1.807) is 19.1 Å². The van der Waals surface area contributed by atoms with Crippen LogP contribution < -0.4 is 4.90 Å². The van der Waals surface area contributed by atoms with Gasteiger partial charge in [-0.05, 0) is 31.5 Å². The monoisotopic (exact) mass is 255 g/mol. The molecule has 1 aromatic rings. The fourth-order valence-corrected chi connectivity index (χ4v) is 3.11. The molecular weight excluding hydrogens is 237 g/mol. The van der Waals surface area contributed by atoms with E-state index in [0.29, 0.717) is 17.3 Å². The minimum atomic E-state index is -0.618. The minimum Gasteiger partial charge on any atom is -0.389 e. The Kier molecular flexibility index (Phi) is 3.94. The lowest BCUT2D eigenvalue weighted by atomic mass is 10.1. The van der Waals surface area contributed by atoms with Gasteiger partial charge in [-0.3, -0.25) is 0 Å². The van der Waals surface area contributed by atoms with E-state index in [1.807, 2.05) is 11.8 Å². The summed E-state index contributed by atoms with van der Waals surface area (Å²) in [5.74, 6) is 1.85. The van der Waals surface area contributed by atoms with Crippen molar-refractivity contribution in [2.75, 3.05) is 23.0 Å². The van der Waals surface area contributed by atoms with Crippen molar-refractivity contribution in [2.24, 2.45) is 0 Å². The van der Waals surface area contributed by atoms with Crippen LogP contribution in [0.2, 0.25) is 0 Å². The lowest BCUT2D eigenvalue weighted by Gasteiger charge is -2.35. The summed E-state index contributed by atoms with van der Waals surface area (Å²) in [7, 11) is 0. The van der Waals surface area contributed by atoms with Crippen LogP contribution in [0.25, 0.3) is 0 Å². The van der Waals surface area contributed by atoms with Crippen molar-refractivity contribution in [3.8, 4) is 0 Å². The molecule has 1 unspecified atom stereocenters. The maximum Gasteiger partial charge on any atom is 0.146 e. The lowest BCUT2D eigenvalue weighted by molar-refractivity contribution is 0.199. The summed E-state index contributed by atoms with van der Waals surface area (Å²) < 4.78 is 14.0. The second-order valence-electron chi connectivity index (χ2n) is 4.50. The van der Waals surface area contributed by atoms with E-state index in [1.165, 1.54) is 6.07 Å². The summed E-state index contributed by atoms with van der Waals surface area (Å²) in [6, 6.07) is 5.39. The predicted molar refractivity (Wildman–Crippen MR) is 71.2 cm³/mol. The number of thioether (sulfide) groups is 1. The molecule has 0 radical (unpaired) electrons. The van der Waals surface area contributed by atoms with Crippen LogP contribution in [0.1, 0.15) is 25.5 Å². The molecule has 0 amide bonds. The van der Waals surface area contributed by atoms with Crippen molar-refractivity contribution in [2.45, 2.75) is 26.0 Å². The van der Waals surface area contributed by atoms with Crippen LogP contribution >= 0.6 is 11.8 Å². The van der Waals surface area contributed by atoms with Gasteiger partial charge in [0.05, 0.1) is 11.8 Å². The van der Waals surface area contributed by atoms with Crippen LogP contribution in [-0.2, 0) is 0 Å². The van der Waals surface area contributed by atoms with Gasteiger partial charge in [0.25, 0.3) is 0 Å². The van der Waals surface area contributed by atoms with Crippen molar-refractivity contribution in [3.05, 3.63) is 29.6 Å². The first-order chi connectivity index (χ1) is 8.09. The molecule has 2 rings (SSSR count). The summed E-state index contributed by atoms with van der Waals surface area (Å²) in [5.41, 5.74) is 1.28. The van der Waals surface area contributed by atoms with E-state index < -0.39 is 6.10 Å². The van der Waals surface area contributed by atoms with E-state index in [0.717, 1.165) is 18.1 Å². The first-order valence-corrected chi connectivity index (χ1v) is 7.07. The number of halogens is 1. The smallest absolute Gasteiger partial charge is 0.146 e. The summed E-state index contributed by atoms with van der Waals surface area (Å²) in [6.07, 6.45) is -0.618. The number of benzene rings is 1. The zero-order valence-electron chi connectivity index (χ0n) is 10.2. The largest absolute Gasteiger partial charge is 0.389 e. The van der Waals surface area contributed by atoms with Crippen LogP contribution in [-0.4, -0.2) is 29.2 Å². The van der Waals surface area contributed by atoms with Gasteiger partial charge in [-0.25, -0.2) is 4.39 Å². The molecule has 0 saturated carbocycles.